The number of nitrogens with one attached hydrogen (secondary N) is 2. The maximum absolute atomic E-state index is 12.1. The number of aromatic nitrogens is 2. The first kappa shape index (κ1) is 17.4. The molecule has 0 aliphatic carbocycles. The highest BCUT2D eigenvalue weighted by Gasteiger charge is 2.24. The smallest absolute Gasteiger partial charge is 0.237 e. The number of carbonyl (C=O) groups excluding carboxylic acids is 1. The molecule has 2 N–H and O–H groups in total. The quantitative estimate of drug-likeness (QED) is 0.791. The Bertz CT molecular complexity index is 523. The first-order chi connectivity index (χ1) is 11.7. The molecule has 0 aromatic carbocycles. The minimum absolute atomic E-state index is 0.0362. The zero-order chi connectivity index (χ0) is 16.8. The third kappa shape index (κ3) is 4.80. The Kier molecular flexibility index (Phi) is 6.26. The topological polar surface area (TPSA) is 62.2 Å². The van der Waals surface area contributed by atoms with Crippen LogP contribution in [0.25, 0.3) is 0 Å². The second kappa shape index (κ2) is 8.62. The molecule has 1 amide bonds. The number of amides is 1. The van der Waals surface area contributed by atoms with Crippen molar-refractivity contribution in [1.82, 2.24) is 25.3 Å². The van der Waals surface area contributed by atoms with Crippen LogP contribution in [0.1, 0.15) is 44.6 Å². The van der Waals surface area contributed by atoms with Crippen LogP contribution in [0.5, 0.6) is 0 Å². The van der Waals surface area contributed by atoms with Gasteiger partial charge in [-0.1, -0.05) is 6.92 Å². The predicted molar refractivity (Wildman–Crippen MR) is 94.6 cm³/mol. The largest absolute Gasteiger partial charge is 0.354 e. The fourth-order valence-corrected chi connectivity index (χ4v) is 3.84. The maximum atomic E-state index is 12.1. The summed E-state index contributed by atoms with van der Waals surface area (Å²) in [7, 11) is 0. The molecule has 6 heteroatoms. The third-order valence-corrected chi connectivity index (χ3v) is 5.09. The molecule has 2 fully saturated rings. The van der Waals surface area contributed by atoms with Crippen LogP contribution in [-0.4, -0.2) is 52.8 Å². The summed E-state index contributed by atoms with van der Waals surface area (Å²) in [5.41, 5.74) is 1.29. The van der Waals surface area contributed by atoms with E-state index in [2.05, 4.69) is 33.8 Å². The fourth-order valence-electron chi connectivity index (χ4n) is 3.84. The van der Waals surface area contributed by atoms with Gasteiger partial charge in [0.15, 0.2) is 0 Å². The Balaban J connectivity index is 1.42. The molecule has 134 valence electrons. The van der Waals surface area contributed by atoms with Crippen LogP contribution in [0.2, 0.25) is 0 Å². The highest BCUT2D eigenvalue weighted by Crippen LogP contribution is 2.18. The average molecular weight is 333 g/mol. The van der Waals surface area contributed by atoms with Crippen LogP contribution in [-0.2, 0) is 17.9 Å². The van der Waals surface area contributed by atoms with Crippen LogP contribution in [0.3, 0.4) is 0 Å². The molecule has 6 nitrogen and oxygen atoms in total. The minimum Gasteiger partial charge on any atom is -0.354 e. The van der Waals surface area contributed by atoms with Gasteiger partial charge < -0.3 is 10.6 Å². The van der Waals surface area contributed by atoms with E-state index in [0.717, 1.165) is 58.5 Å². The maximum Gasteiger partial charge on any atom is 0.237 e. The third-order valence-electron chi connectivity index (χ3n) is 5.09. The second-order valence-corrected chi connectivity index (χ2v) is 7.25. The second-order valence-electron chi connectivity index (χ2n) is 7.25. The Labute approximate surface area is 145 Å². The number of nitrogens with zero attached hydrogens (tertiary/aromatic N) is 3. The van der Waals surface area contributed by atoms with E-state index in [4.69, 9.17) is 0 Å². The molecule has 1 aromatic rings. The molecule has 0 radical (unpaired) electrons. The number of rotatable bonds is 7. The van der Waals surface area contributed by atoms with E-state index < -0.39 is 0 Å². The molecule has 2 atom stereocenters. The predicted octanol–water partition coefficient (Wildman–Crippen LogP) is 1.37. The normalized spacial score (nSPS) is 25.0. The van der Waals surface area contributed by atoms with Gasteiger partial charge in [0, 0.05) is 37.9 Å². The molecular formula is C18H31N5O. The van der Waals surface area contributed by atoms with Gasteiger partial charge in [0.2, 0.25) is 5.91 Å². The van der Waals surface area contributed by atoms with Crippen molar-refractivity contribution in [2.45, 2.75) is 58.2 Å². The molecular weight excluding hydrogens is 302 g/mol. The Morgan fingerprint density at radius 1 is 1.42 bits per heavy atom. The van der Waals surface area contributed by atoms with Gasteiger partial charge in [-0.25, -0.2) is 0 Å². The molecule has 3 heterocycles. The lowest BCUT2D eigenvalue weighted by molar-refractivity contribution is -0.123. The lowest BCUT2D eigenvalue weighted by atomic mass is 9.97. The van der Waals surface area contributed by atoms with Crippen molar-refractivity contribution in [3.8, 4) is 0 Å². The van der Waals surface area contributed by atoms with Crippen molar-refractivity contribution >= 4 is 5.91 Å². The van der Waals surface area contributed by atoms with E-state index in [1.165, 1.54) is 18.4 Å². The van der Waals surface area contributed by atoms with E-state index in [9.17, 15) is 4.79 Å². The first-order valence-corrected chi connectivity index (χ1v) is 9.49. The van der Waals surface area contributed by atoms with E-state index in [1.54, 1.807) is 0 Å². The van der Waals surface area contributed by atoms with Crippen LogP contribution in [0, 0.1) is 5.92 Å². The van der Waals surface area contributed by atoms with E-state index in [0.29, 0.717) is 5.92 Å². The molecule has 2 aliphatic heterocycles. The summed E-state index contributed by atoms with van der Waals surface area (Å²) in [6.07, 6.45) is 9.79. The van der Waals surface area contributed by atoms with Gasteiger partial charge in [-0.15, -0.1) is 0 Å². The molecule has 0 spiro atoms. The summed E-state index contributed by atoms with van der Waals surface area (Å²) >= 11 is 0. The van der Waals surface area contributed by atoms with Crippen molar-refractivity contribution in [2.24, 2.45) is 5.92 Å². The Hall–Kier alpha value is -1.40. The molecule has 1 aromatic heterocycles. The van der Waals surface area contributed by atoms with Gasteiger partial charge in [-0.3, -0.25) is 14.4 Å². The highest BCUT2D eigenvalue weighted by atomic mass is 16.2. The first-order valence-electron chi connectivity index (χ1n) is 9.49. The summed E-state index contributed by atoms with van der Waals surface area (Å²) in [6.45, 7) is 8.13. The van der Waals surface area contributed by atoms with Gasteiger partial charge in [0.25, 0.3) is 0 Å². The van der Waals surface area contributed by atoms with Gasteiger partial charge in [0.1, 0.15) is 0 Å². The number of hydrogen-bond acceptors (Lipinski definition) is 4. The van der Waals surface area contributed by atoms with E-state index in [-0.39, 0.29) is 11.9 Å². The summed E-state index contributed by atoms with van der Waals surface area (Å²) in [5, 5.41) is 10.8. The van der Waals surface area contributed by atoms with Crippen LogP contribution >= 0.6 is 0 Å². The standard InChI is InChI=1S/C18H31N5O/c1-2-8-23-14-16(11-21-23)13-22-9-4-5-15(12-22)10-20-18(24)17-6-3-7-19-17/h11,14-15,17,19H,2-10,12-13H2,1H3,(H,20,24). The van der Waals surface area contributed by atoms with Crippen molar-refractivity contribution in [1.29, 1.82) is 0 Å². The van der Waals surface area contributed by atoms with Crippen molar-refractivity contribution in [3.05, 3.63) is 18.0 Å². The molecule has 24 heavy (non-hydrogen) atoms. The Morgan fingerprint density at radius 3 is 3.12 bits per heavy atom. The van der Waals surface area contributed by atoms with Crippen molar-refractivity contribution < 1.29 is 4.79 Å². The number of aryl methyl sites for hydroxylation is 1. The van der Waals surface area contributed by atoms with Crippen molar-refractivity contribution in [3.63, 3.8) is 0 Å². The lowest BCUT2D eigenvalue weighted by Crippen LogP contribution is -2.45. The van der Waals surface area contributed by atoms with Crippen LogP contribution < -0.4 is 10.6 Å². The number of hydrogen-bond donors (Lipinski definition) is 2. The van der Waals surface area contributed by atoms with Gasteiger partial charge in [-0.2, -0.15) is 5.10 Å². The lowest BCUT2D eigenvalue weighted by Gasteiger charge is -2.32. The Morgan fingerprint density at radius 2 is 2.33 bits per heavy atom. The van der Waals surface area contributed by atoms with Gasteiger partial charge in [-0.05, 0) is 51.1 Å². The summed E-state index contributed by atoms with van der Waals surface area (Å²) in [4.78, 5) is 14.6. The summed E-state index contributed by atoms with van der Waals surface area (Å²) < 4.78 is 2.03. The van der Waals surface area contributed by atoms with E-state index >= 15 is 0 Å². The fraction of sp³-hybridized carbons (Fsp3) is 0.778. The molecule has 2 unspecified atom stereocenters. The van der Waals surface area contributed by atoms with E-state index in [1.807, 2.05) is 10.9 Å². The summed E-state index contributed by atoms with van der Waals surface area (Å²) in [5.74, 6) is 0.750. The number of piperidine rings is 1. The zero-order valence-corrected chi connectivity index (χ0v) is 14.8. The number of likely N-dealkylation sites (tertiary alicyclic amines) is 1. The minimum atomic E-state index is 0.0362. The SMILES string of the molecule is CCCn1cc(CN2CCCC(CNC(=O)C3CCCN3)C2)cn1. The molecule has 2 saturated heterocycles. The van der Waals surface area contributed by atoms with Gasteiger partial charge in [0.05, 0.1) is 12.2 Å². The molecule has 0 bridgehead atoms. The summed E-state index contributed by atoms with van der Waals surface area (Å²) in [6, 6.07) is 0.0362. The van der Waals surface area contributed by atoms with Crippen LogP contribution in [0.4, 0.5) is 0 Å². The number of carbonyl (C=O) groups is 1. The zero-order valence-electron chi connectivity index (χ0n) is 14.8. The molecule has 2 aliphatic rings. The molecule has 0 saturated carbocycles. The average Bonchev–Trinajstić information content (AvgIpc) is 3.26. The van der Waals surface area contributed by atoms with Gasteiger partial charge >= 0.3 is 0 Å². The monoisotopic (exact) mass is 333 g/mol. The highest BCUT2D eigenvalue weighted by molar-refractivity contribution is 5.81. The molecule has 3 rings (SSSR count). The van der Waals surface area contributed by atoms with Crippen LogP contribution in [0.15, 0.2) is 12.4 Å². The van der Waals surface area contributed by atoms with Crippen molar-refractivity contribution in [2.75, 3.05) is 26.2 Å².